The predicted molar refractivity (Wildman–Crippen MR) is 166 cm³/mol. The number of amides is 3. The SMILES string of the molecule is CC(C)n1c(=O)n(C[C@@H]2CCCO2)c(=O)c2cc(NC(=O)N3CCOC(C(N)=O)C3)c(F)cc21.O=C(Cl)Oc1ccc([N+](=O)[O-])cc1. The van der Waals surface area contributed by atoms with Gasteiger partial charge in [0.1, 0.15) is 11.6 Å². The summed E-state index contributed by atoms with van der Waals surface area (Å²) >= 11 is 4.92. The number of ether oxygens (including phenoxy) is 3. The first-order valence-corrected chi connectivity index (χ1v) is 14.8. The lowest BCUT2D eigenvalue weighted by molar-refractivity contribution is -0.384. The minimum Gasteiger partial charge on any atom is -0.414 e. The maximum atomic E-state index is 15.0. The van der Waals surface area contributed by atoms with Crippen LogP contribution >= 0.6 is 11.6 Å². The Labute approximate surface area is 270 Å². The Morgan fingerprint density at radius 2 is 1.87 bits per heavy atom. The molecule has 2 aliphatic rings. The number of urea groups is 1. The third-order valence-electron chi connectivity index (χ3n) is 7.34. The van der Waals surface area contributed by atoms with E-state index in [1.165, 1.54) is 39.8 Å². The molecular weight excluding hydrogens is 647 g/mol. The molecular formula is C29H32ClFN6O10. The van der Waals surface area contributed by atoms with Gasteiger partial charge in [-0.15, -0.1) is 0 Å². The third kappa shape index (κ3) is 8.49. The van der Waals surface area contributed by atoms with Gasteiger partial charge in [-0.3, -0.25) is 28.8 Å². The second-order valence-corrected chi connectivity index (χ2v) is 11.2. The van der Waals surface area contributed by atoms with Crippen molar-refractivity contribution in [3.63, 3.8) is 0 Å². The van der Waals surface area contributed by atoms with Gasteiger partial charge in [0, 0.05) is 49.0 Å². The quantitative estimate of drug-likeness (QED) is 0.212. The lowest BCUT2D eigenvalue weighted by Crippen LogP contribution is -2.51. The zero-order chi connectivity index (χ0) is 34.4. The normalized spacial score (nSPS) is 17.6. The smallest absolute Gasteiger partial charge is 0.409 e. The van der Waals surface area contributed by atoms with Crippen LogP contribution in [-0.2, 0) is 20.8 Å². The molecule has 3 amide bonds. The summed E-state index contributed by atoms with van der Waals surface area (Å²) in [4.78, 5) is 71.7. The minimum atomic E-state index is -0.978. The number of carbonyl (C=O) groups is 3. The molecule has 0 spiro atoms. The average molecular weight is 679 g/mol. The van der Waals surface area contributed by atoms with Crippen molar-refractivity contribution >= 4 is 51.2 Å². The minimum absolute atomic E-state index is 0.0720. The van der Waals surface area contributed by atoms with E-state index in [1.807, 2.05) is 0 Å². The Bertz CT molecular complexity index is 1790. The van der Waals surface area contributed by atoms with Gasteiger partial charge in [-0.05, 0) is 44.9 Å². The van der Waals surface area contributed by atoms with Crippen LogP contribution in [0.3, 0.4) is 0 Å². The van der Waals surface area contributed by atoms with Crippen LogP contribution in [0.1, 0.15) is 32.7 Å². The third-order valence-corrected chi connectivity index (χ3v) is 7.42. The van der Waals surface area contributed by atoms with E-state index in [-0.39, 0.29) is 66.4 Å². The van der Waals surface area contributed by atoms with E-state index in [0.717, 1.165) is 23.5 Å². The summed E-state index contributed by atoms with van der Waals surface area (Å²) in [7, 11) is 0. The first-order valence-electron chi connectivity index (χ1n) is 14.5. The van der Waals surface area contributed by atoms with Gasteiger partial charge in [0.2, 0.25) is 5.91 Å². The fourth-order valence-electron chi connectivity index (χ4n) is 5.08. The fraction of sp³-hybridized carbons (Fsp3) is 0.414. The topological polar surface area (TPSA) is 207 Å². The molecule has 252 valence electrons. The van der Waals surface area contributed by atoms with Crippen LogP contribution in [0.25, 0.3) is 10.9 Å². The zero-order valence-corrected chi connectivity index (χ0v) is 26.1. The number of non-ortho nitro benzene ring substituents is 1. The van der Waals surface area contributed by atoms with Crippen LogP contribution in [0.15, 0.2) is 46.0 Å². The highest BCUT2D eigenvalue weighted by molar-refractivity contribution is 6.61. The number of nitro benzene ring substituents is 1. The summed E-state index contributed by atoms with van der Waals surface area (Å²) in [6.07, 6.45) is 0.390. The Morgan fingerprint density at radius 1 is 1.17 bits per heavy atom. The van der Waals surface area contributed by atoms with Crippen LogP contribution in [0.5, 0.6) is 5.75 Å². The number of rotatable bonds is 7. The van der Waals surface area contributed by atoms with E-state index in [9.17, 15) is 34.1 Å². The number of fused-ring (bicyclic) bond motifs is 1. The Morgan fingerprint density at radius 3 is 2.45 bits per heavy atom. The van der Waals surface area contributed by atoms with Gasteiger partial charge in [0.15, 0.2) is 6.10 Å². The molecule has 2 aromatic carbocycles. The number of nitrogens with one attached hydrogen (secondary N) is 1. The maximum absolute atomic E-state index is 15.0. The van der Waals surface area contributed by atoms with Gasteiger partial charge >= 0.3 is 17.1 Å². The van der Waals surface area contributed by atoms with E-state index < -0.39 is 45.5 Å². The summed E-state index contributed by atoms with van der Waals surface area (Å²) < 4.78 is 32.8. The van der Waals surface area contributed by atoms with Gasteiger partial charge in [0.05, 0.1) is 47.3 Å². The number of hydrogen-bond acceptors (Lipinski definition) is 10. The lowest BCUT2D eigenvalue weighted by Gasteiger charge is -2.31. The summed E-state index contributed by atoms with van der Waals surface area (Å²) in [6, 6.07) is 6.33. The number of nitro groups is 1. The number of hydrogen-bond donors (Lipinski definition) is 2. The molecule has 1 unspecified atom stereocenters. The second-order valence-electron chi connectivity index (χ2n) is 10.9. The largest absolute Gasteiger partial charge is 0.414 e. The van der Waals surface area contributed by atoms with E-state index in [0.29, 0.717) is 6.61 Å². The van der Waals surface area contributed by atoms with Gasteiger partial charge in [0.25, 0.3) is 11.2 Å². The van der Waals surface area contributed by atoms with Gasteiger partial charge < -0.3 is 30.2 Å². The summed E-state index contributed by atoms with van der Waals surface area (Å²) in [5.74, 6) is -1.33. The zero-order valence-electron chi connectivity index (χ0n) is 25.4. The molecule has 5 rings (SSSR count). The molecule has 3 N–H and O–H groups in total. The molecule has 2 fully saturated rings. The van der Waals surface area contributed by atoms with Crippen LogP contribution in [0, 0.1) is 15.9 Å². The van der Waals surface area contributed by atoms with Crippen LogP contribution < -0.4 is 27.0 Å². The molecule has 2 saturated heterocycles. The van der Waals surface area contributed by atoms with Crippen LogP contribution in [0.4, 0.5) is 25.4 Å². The first kappa shape index (κ1) is 35.0. The number of primary amides is 1. The number of halogens is 2. The predicted octanol–water partition coefficient (Wildman–Crippen LogP) is 3.11. The number of nitrogens with zero attached hydrogens (tertiary/aromatic N) is 4. The lowest BCUT2D eigenvalue weighted by atomic mass is 10.1. The summed E-state index contributed by atoms with van der Waals surface area (Å²) in [5, 5.41) is 12.8. The second kappa shape index (κ2) is 15.1. The highest BCUT2D eigenvalue weighted by atomic mass is 35.5. The molecule has 3 aromatic rings. The van der Waals surface area contributed by atoms with Crippen molar-refractivity contribution in [2.75, 3.05) is 31.6 Å². The number of nitrogens with two attached hydrogens (primary N) is 1. The molecule has 2 aliphatic heterocycles. The van der Waals surface area contributed by atoms with Crippen molar-refractivity contribution in [3.8, 4) is 5.75 Å². The van der Waals surface area contributed by atoms with Crippen molar-refractivity contribution < 1.29 is 37.9 Å². The Balaban J connectivity index is 0.000000323. The van der Waals surface area contributed by atoms with Crippen LogP contribution in [0.2, 0.25) is 0 Å². The Hall–Kier alpha value is -4.87. The van der Waals surface area contributed by atoms with Gasteiger partial charge in [-0.25, -0.2) is 18.8 Å². The number of aromatic nitrogens is 2. The average Bonchev–Trinajstić information content (AvgIpc) is 3.54. The highest BCUT2D eigenvalue weighted by Gasteiger charge is 2.29. The molecule has 16 nitrogen and oxygen atoms in total. The molecule has 0 aliphatic carbocycles. The van der Waals surface area contributed by atoms with Crippen LogP contribution in [-0.4, -0.2) is 74.8 Å². The number of anilines is 1. The Kier molecular flexibility index (Phi) is 11.3. The molecule has 18 heteroatoms. The number of carbonyl (C=O) groups excluding carboxylic acids is 3. The number of benzene rings is 2. The number of morpholine rings is 1. The van der Waals surface area contributed by atoms with Gasteiger partial charge in [-0.2, -0.15) is 0 Å². The molecule has 0 radical (unpaired) electrons. The van der Waals surface area contributed by atoms with Crippen molar-refractivity contribution in [3.05, 3.63) is 73.2 Å². The summed E-state index contributed by atoms with van der Waals surface area (Å²) in [6.45, 7) is 4.43. The van der Waals surface area contributed by atoms with E-state index in [1.54, 1.807) is 13.8 Å². The molecule has 47 heavy (non-hydrogen) atoms. The molecule has 0 saturated carbocycles. The standard InChI is InChI=1S/C22H28FN5O6.C7H4ClNO4/c1-12(2)28-17-9-15(23)16(25-21(31)26-5-7-34-18(11-26)19(24)29)8-14(17)20(30)27(22(28)32)10-13-4-3-6-33-13;8-7(10)13-6-3-1-5(2-4-6)9(11)12/h8-9,12-13,18H,3-7,10-11H2,1-2H3,(H2,24,29)(H,25,31);1-4H/t13-,18?;/m0./s1. The first-order chi connectivity index (χ1) is 22.3. The molecule has 3 heterocycles. The van der Waals surface area contributed by atoms with Crippen molar-refractivity contribution in [1.29, 1.82) is 0 Å². The van der Waals surface area contributed by atoms with E-state index in [2.05, 4.69) is 10.1 Å². The van der Waals surface area contributed by atoms with E-state index >= 15 is 4.39 Å². The molecule has 1 aromatic heterocycles. The maximum Gasteiger partial charge on any atom is 0.409 e. The van der Waals surface area contributed by atoms with Crippen molar-refractivity contribution in [2.24, 2.45) is 5.73 Å². The van der Waals surface area contributed by atoms with Gasteiger partial charge in [-0.1, -0.05) is 0 Å². The van der Waals surface area contributed by atoms with E-state index in [4.69, 9.17) is 26.8 Å². The molecule has 2 atom stereocenters. The fourth-order valence-corrected chi connectivity index (χ4v) is 5.16. The summed E-state index contributed by atoms with van der Waals surface area (Å²) in [5.41, 5.74) is 3.01. The highest BCUT2D eigenvalue weighted by Crippen LogP contribution is 2.23. The molecule has 0 bridgehead atoms. The van der Waals surface area contributed by atoms with Crippen molar-refractivity contribution in [2.45, 2.75) is 51.5 Å². The monoisotopic (exact) mass is 678 g/mol. The van der Waals surface area contributed by atoms with Crippen molar-refractivity contribution in [1.82, 2.24) is 14.0 Å².